The minimum absolute atomic E-state index is 0.102. The van der Waals surface area contributed by atoms with Crippen LogP contribution in [0.1, 0.15) is 24.5 Å². The molecule has 0 aliphatic carbocycles. The normalized spacial score (nSPS) is 20.3. The molecule has 0 bridgehead atoms. The molecule has 2 heterocycles. The first-order chi connectivity index (χ1) is 14.5. The Balaban J connectivity index is 1.45. The average molecular weight is 407 g/mol. The zero-order chi connectivity index (χ0) is 21.1. The van der Waals surface area contributed by atoms with E-state index in [0.717, 1.165) is 11.3 Å². The van der Waals surface area contributed by atoms with Gasteiger partial charge in [0.2, 0.25) is 0 Å². The van der Waals surface area contributed by atoms with Crippen LogP contribution in [0.25, 0.3) is 0 Å². The monoisotopic (exact) mass is 407 g/mol. The standard InChI is InChI=1S/C22H21N3O5/c1-22(16-5-8-18-19(13-16)30-11-2-10-29-18)20(26)25(21(27)24-22)9-12-28-17-6-3-15(14-23)4-7-17/h3-8,13H,2,9-12H2,1H3,(H,24,27). The molecule has 0 saturated carbocycles. The maximum Gasteiger partial charge on any atom is 0.325 e. The Kier molecular flexibility index (Phi) is 5.19. The molecule has 2 aromatic rings. The molecule has 0 aromatic heterocycles. The van der Waals surface area contributed by atoms with Gasteiger partial charge >= 0.3 is 6.03 Å². The van der Waals surface area contributed by atoms with E-state index in [0.29, 0.717) is 41.6 Å². The smallest absolute Gasteiger partial charge is 0.325 e. The van der Waals surface area contributed by atoms with Crippen LogP contribution in [-0.4, -0.2) is 43.2 Å². The number of benzene rings is 2. The summed E-state index contributed by atoms with van der Waals surface area (Å²) in [5, 5.41) is 11.6. The largest absolute Gasteiger partial charge is 0.492 e. The number of ether oxygens (including phenoxy) is 3. The molecule has 8 heteroatoms. The molecule has 30 heavy (non-hydrogen) atoms. The molecule has 154 valence electrons. The van der Waals surface area contributed by atoms with Crippen molar-refractivity contribution in [2.24, 2.45) is 0 Å². The second kappa shape index (κ2) is 7.95. The van der Waals surface area contributed by atoms with Crippen LogP contribution in [0.5, 0.6) is 17.2 Å². The molecular weight excluding hydrogens is 386 g/mol. The summed E-state index contributed by atoms with van der Waals surface area (Å²) in [6, 6.07) is 13.5. The molecule has 1 N–H and O–H groups in total. The minimum Gasteiger partial charge on any atom is -0.492 e. The molecule has 3 amide bonds. The summed E-state index contributed by atoms with van der Waals surface area (Å²) in [6.45, 7) is 3.03. The van der Waals surface area contributed by atoms with Gasteiger partial charge in [-0.1, -0.05) is 6.07 Å². The van der Waals surface area contributed by atoms with Gasteiger partial charge < -0.3 is 19.5 Å². The van der Waals surface area contributed by atoms with Crippen molar-refractivity contribution in [1.29, 1.82) is 5.26 Å². The number of carbonyl (C=O) groups is 2. The van der Waals surface area contributed by atoms with E-state index < -0.39 is 11.6 Å². The van der Waals surface area contributed by atoms with Crippen LogP contribution in [0.3, 0.4) is 0 Å². The molecule has 0 spiro atoms. The van der Waals surface area contributed by atoms with Crippen molar-refractivity contribution in [2.75, 3.05) is 26.4 Å². The van der Waals surface area contributed by atoms with E-state index in [9.17, 15) is 9.59 Å². The number of nitriles is 1. The Hall–Kier alpha value is -3.73. The second-order valence-electron chi connectivity index (χ2n) is 7.21. The molecule has 2 aliphatic heterocycles. The number of hydrogen-bond acceptors (Lipinski definition) is 6. The van der Waals surface area contributed by atoms with Gasteiger partial charge in [-0.25, -0.2) is 4.79 Å². The molecule has 2 aromatic carbocycles. The third-order valence-corrected chi connectivity index (χ3v) is 5.17. The van der Waals surface area contributed by atoms with Crippen LogP contribution in [0.4, 0.5) is 4.79 Å². The number of carbonyl (C=O) groups excluding carboxylic acids is 2. The summed E-state index contributed by atoms with van der Waals surface area (Å²) < 4.78 is 17.0. The van der Waals surface area contributed by atoms with Crippen molar-refractivity contribution >= 4 is 11.9 Å². The molecule has 8 nitrogen and oxygen atoms in total. The van der Waals surface area contributed by atoms with Crippen LogP contribution >= 0.6 is 0 Å². The number of amides is 3. The first-order valence-electron chi connectivity index (χ1n) is 9.68. The quantitative estimate of drug-likeness (QED) is 0.765. The van der Waals surface area contributed by atoms with E-state index in [1.165, 1.54) is 0 Å². The van der Waals surface area contributed by atoms with E-state index in [-0.39, 0.29) is 19.1 Å². The lowest BCUT2D eigenvalue weighted by atomic mass is 9.91. The van der Waals surface area contributed by atoms with Gasteiger partial charge in [0.15, 0.2) is 11.5 Å². The minimum atomic E-state index is -1.20. The van der Waals surface area contributed by atoms with Gasteiger partial charge in [0.05, 0.1) is 31.4 Å². The summed E-state index contributed by atoms with van der Waals surface area (Å²) in [7, 11) is 0. The van der Waals surface area contributed by atoms with Gasteiger partial charge in [-0.15, -0.1) is 0 Å². The molecule has 1 saturated heterocycles. The summed E-state index contributed by atoms with van der Waals surface area (Å²) in [5.41, 5.74) is -0.0427. The van der Waals surface area contributed by atoms with Crippen molar-refractivity contribution in [2.45, 2.75) is 18.9 Å². The van der Waals surface area contributed by atoms with E-state index >= 15 is 0 Å². The van der Waals surface area contributed by atoms with Crippen molar-refractivity contribution in [3.05, 3.63) is 53.6 Å². The zero-order valence-corrected chi connectivity index (χ0v) is 16.5. The summed E-state index contributed by atoms with van der Waals surface area (Å²) in [6.07, 6.45) is 0.782. The Morgan fingerprint density at radius 2 is 1.87 bits per heavy atom. The maximum absolute atomic E-state index is 13.1. The molecule has 1 fully saturated rings. The molecule has 2 aliphatic rings. The van der Waals surface area contributed by atoms with Gasteiger partial charge in [0.25, 0.3) is 5.91 Å². The predicted octanol–water partition coefficient (Wildman–Crippen LogP) is 2.57. The van der Waals surface area contributed by atoms with Crippen molar-refractivity contribution in [3.63, 3.8) is 0 Å². The van der Waals surface area contributed by atoms with Crippen molar-refractivity contribution in [3.8, 4) is 23.3 Å². The lowest BCUT2D eigenvalue weighted by Gasteiger charge is -2.23. The number of nitrogens with one attached hydrogen (secondary N) is 1. The summed E-state index contributed by atoms with van der Waals surface area (Å²) in [5.74, 6) is 1.40. The van der Waals surface area contributed by atoms with Crippen molar-refractivity contribution < 1.29 is 23.8 Å². The van der Waals surface area contributed by atoms with Gasteiger partial charge in [-0.05, 0) is 48.9 Å². The van der Waals surface area contributed by atoms with Gasteiger partial charge in [-0.2, -0.15) is 5.26 Å². The fourth-order valence-electron chi connectivity index (χ4n) is 3.45. The SMILES string of the molecule is CC1(c2ccc3c(c2)OCCCO3)NC(=O)N(CCOc2ccc(C#N)cc2)C1=O. The Labute approximate surface area is 173 Å². The highest BCUT2D eigenvalue weighted by atomic mass is 16.5. The molecule has 1 atom stereocenters. The highest BCUT2D eigenvalue weighted by Crippen LogP contribution is 2.36. The Morgan fingerprint density at radius 1 is 1.13 bits per heavy atom. The number of hydrogen-bond donors (Lipinski definition) is 1. The molecule has 1 unspecified atom stereocenters. The lowest BCUT2D eigenvalue weighted by Crippen LogP contribution is -2.41. The molecule has 4 rings (SSSR count). The Bertz CT molecular complexity index is 1010. The first-order valence-corrected chi connectivity index (χ1v) is 9.68. The fourth-order valence-corrected chi connectivity index (χ4v) is 3.45. The number of rotatable bonds is 5. The van der Waals surface area contributed by atoms with Crippen LogP contribution < -0.4 is 19.5 Å². The van der Waals surface area contributed by atoms with Crippen LogP contribution in [0.2, 0.25) is 0 Å². The number of nitrogens with zero attached hydrogens (tertiary/aromatic N) is 2. The molecular formula is C22H21N3O5. The number of urea groups is 1. The summed E-state index contributed by atoms with van der Waals surface area (Å²) in [4.78, 5) is 26.7. The highest BCUT2D eigenvalue weighted by Gasteiger charge is 2.49. The van der Waals surface area contributed by atoms with Gasteiger partial charge in [0, 0.05) is 6.42 Å². The average Bonchev–Trinajstić information content (AvgIpc) is 2.92. The van der Waals surface area contributed by atoms with E-state index in [1.54, 1.807) is 49.4 Å². The third kappa shape index (κ3) is 3.62. The fraction of sp³-hybridized carbons (Fsp3) is 0.318. The van der Waals surface area contributed by atoms with Crippen LogP contribution in [0.15, 0.2) is 42.5 Å². The summed E-state index contributed by atoms with van der Waals surface area (Å²) >= 11 is 0. The molecule has 0 radical (unpaired) electrons. The van der Waals surface area contributed by atoms with Crippen LogP contribution in [-0.2, 0) is 10.3 Å². The predicted molar refractivity (Wildman–Crippen MR) is 106 cm³/mol. The zero-order valence-electron chi connectivity index (χ0n) is 16.5. The first kappa shape index (κ1) is 19.6. The van der Waals surface area contributed by atoms with Gasteiger partial charge in [-0.3, -0.25) is 9.69 Å². The third-order valence-electron chi connectivity index (χ3n) is 5.17. The number of imide groups is 1. The second-order valence-corrected chi connectivity index (χ2v) is 7.21. The van der Waals surface area contributed by atoms with Crippen LogP contribution in [0, 0.1) is 11.3 Å². The highest BCUT2D eigenvalue weighted by molar-refractivity contribution is 6.07. The van der Waals surface area contributed by atoms with E-state index in [4.69, 9.17) is 19.5 Å². The van der Waals surface area contributed by atoms with E-state index in [1.807, 2.05) is 6.07 Å². The van der Waals surface area contributed by atoms with Gasteiger partial charge in [0.1, 0.15) is 17.9 Å². The maximum atomic E-state index is 13.1. The Morgan fingerprint density at radius 3 is 2.60 bits per heavy atom. The topological polar surface area (TPSA) is 101 Å². The lowest BCUT2D eigenvalue weighted by molar-refractivity contribution is -0.131. The number of fused-ring (bicyclic) bond motifs is 1. The van der Waals surface area contributed by atoms with Crippen molar-refractivity contribution in [1.82, 2.24) is 10.2 Å². The van der Waals surface area contributed by atoms with E-state index in [2.05, 4.69) is 5.32 Å².